The Bertz CT molecular complexity index is 254. The van der Waals surface area contributed by atoms with Crippen molar-refractivity contribution in [2.45, 2.75) is 106 Å². The van der Waals surface area contributed by atoms with Gasteiger partial charge in [-0.25, -0.2) is 0 Å². The second-order valence-electron chi connectivity index (χ2n) is 5.69. The topological polar surface area (TPSA) is 26.0 Å². The van der Waals surface area contributed by atoms with Gasteiger partial charge in [0, 0.05) is 5.56 Å². The molecule has 0 aliphatic carbocycles. The van der Waals surface area contributed by atoms with Crippen LogP contribution in [-0.2, 0) is 0 Å². The second-order valence-corrected chi connectivity index (χ2v) is 5.69. The molecule has 0 radical (unpaired) electrons. The van der Waals surface area contributed by atoms with Gasteiger partial charge >= 0.3 is 0 Å². The Morgan fingerprint density at radius 2 is 1.10 bits per heavy atom. The van der Waals surface area contributed by atoms with Gasteiger partial charge in [-0.1, -0.05) is 97.1 Å². The fraction of sp³-hybridized carbons (Fsp3) is 0.842. The largest absolute Gasteiger partial charge is 0.361 e. The smallest absolute Gasteiger partial charge is 0.136 e. The highest BCUT2D eigenvalue weighted by molar-refractivity contribution is 5.07. The molecule has 0 fully saturated rings. The van der Waals surface area contributed by atoms with Crippen LogP contribution in [0.4, 0.5) is 0 Å². The maximum atomic E-state index is 4.71. The maximum absolute atomic E-state index is 4.71. The molecule has 0 N–H and O–H groups in total. The van der Waals surface area contributed by atoms with Crippen molar-refractivity contribution >= 4 is 0 Å². The third-order valence-corrected chi connectivity index (χ3v) is 3.41. The lowest BCUT2D eigenvalue weighted by Gasteiger charge is -1.93. The average Bonchev–Trinajstić information content (AvgIpc) is 2.87. The molecule has 0 aromatic carbocycles. The first-order valence-electron chi connectivity index (χ1n) is 9.01. The highest BCUT2D eigenvalue weighted by Crippen LogP contribution is 2.03. The Morgan fingerprint density at radius 3 is 1.29 bits per heavy atom. The zero-order chi connectivity index (χ0) is 16.3. The van der Waals surface area contributed by atoms with Crippen LogP contribution in [0, 0.1) is 13.8 Å². The van der Waals surface area contributed by atoms with Crippen LogP contribution in [0.3, 0.4) is 0 Å². The minimum Gasteiger partial charge on any atom is -0.361 e. The molecule has 126 valence electrons. The molecule has 0 atom stereocenters. The quantitative estimate of drug-likeness (QED) is 0.472. The molecule has 0 saturated carbocycles. The number of aromatic nitrogens is 1. The van der Waals surface area contributed by atoms with Crippen LogP contribution in [0.1, 0.15) is 103 Å². The van der Waals surface area contributed by atoms with Crippen molar-refractivity contribution < 1.29 is 4.52 Å². The first kappa shape index (κ1) is 22.5. The molecular weight excluding hydrogens is 258 g/mol. The van der Waals surface area contributed by atoms with Crippen LogP contribution in [-0.4, -0.2) is 5.16 Å². The van der Waals surface area contributed by atoms with E-state index in [9.17, 15) is 0 Å². The van der Waals surface area contributed by atoms with Crippen LogP contribution < -0.4 is 0 Å². The van der Waals surface area contributed by atoms with Gasteiger partial charge in [-0.05, 0) is 13.8 Å². The normalized spacial score (nSPS) is 9.43. The Labute approximate surface area is 133 Å². The van der Waals surface area contributed by atoms with E-state index in [0.717, 1.165) is 11.3 Å². The van der Waals surface area contributed by atoms with Gasteiger partial charge in [-0.2, -0.15) is 0 Å². The summed E-state index contributed by atoms with van der Waals surface area (Å²) in [4.78, 5) is 0. The van der Waals surface area contributed by atoms with Crippen LogP contribution >= 0.6 is 0 Å². The highest BCUT2D eigenvalue weighted by Gasteiger charge is 1.91. The summed E-state index contributed by atoms with van der Waals surface area (Å²) >= 11 is 0. The molecule has 1 rings (SSSR count). The molecule has 2 heteroatoms. The summed E-state index contributed by atoms with van der Waals surface area (Å²) in [6.45, 7) is 12.8. The van der Waals surface area contributed by atoms with E-state index in [4.69, 9.17) is 4.52 Å². The number of hydrogen-bond acceptors (Lipinski definition) is 2. The first-order valence-corrected chi connectivity index (χ1v) is 9.01. The maximum Gasteiger partial charge on any atom is 0.136 e. The Balaban J connectivity index is 0. The summed E-state index contributed by atoms with van der Waals surface area (Å²) in [7, 11) is 0. The molecule has 0 bridgehead atoms. The Morgan fingerprint density at radius 1 is 0.714 bits per heavy atom. The molecule has 0 unspecified atom stereocenters. The highest BCUT2D eigenvalue weighted by atomic mass is 16.5. The predicted octanol–water partition coefficient (Wildman–Crippen LogP) is 7.24. The van der Waals surface area contributed by atoms with Crippen molar-refractivity contribution in [2.24, 2.45) is 0 Å². The lowest BCUT2D eigenvalue weighted by Crippen LogP contribution is -1.73. The molecule has 0 amide bonds. The molecule has 2 nitrogen and oxygen atoms in total. The lowest BCUT2D eigenvalue weighted by atomic mass is 10.1. The molecule has 21 heavy (non-hydrogen) atoms. The van der Waals surface area contributed by atoms with Crippen LogP contribution in [0.2, 0.25) is 0 Å². The minimum absolute atomic E-state index is 0.903. The average molecular weight is 298 g/mol. The van der Waals surface area contributed by atoms with Gasteiger partial charge in [0.05, 0.1) is 6.20 Å². The molecule has 0 aliphatic rings. The predicted molar refractivity (Wildman–Crippen MR) is 94.8 cm³/mol. The van der Waals surface area contributed by atoms with E-state index in [0.29, 0.717) is 0 Å². The van der Waals surface area contributed by atoms with Gasteiger partial charge < -0.3 is 4.52 Å². The van der Waals surface area contributed by atoms with E-state index in [1.807, 2.05) is 13.8 Å². The molecule has 1 aromatic rings. The number of aryl methyl sites for hydroxylation is 2. The standard InChI is InChI=1S/C8H18.C6H14.C5H7NO/c1-3-5-7-8-6-4-2;1-3-5-6-4-2;1-4-3-6-7-5(4)2/h3-8H2,1-2H3;3-6H2,1-2H3;3H,1-2H3. The summed E-state index contributed by atoms with van der Waals surface area (Å²) in [6.07, 6.45) is 15.7. The number of unbranched alkanes of at least 4 members (excludes halogenated alkanes) is 8. The summed E-state index contributed by atoms with van der Waals surface area (Å²) in [6, 6.07) is 0. The SMILES string of the molecule is CCCCCC.CCCCCCCC.Cc1cnoc1C. The molecule has 1 heterocycles. The van der Waals surface area contributed by atoms with Gasteiger partial charge in [0.1, 0.15) is 5.76 Å². The first-order chi connectivity index (χ1) is 10.1. The van der Waals surface area contributed by atoms with E-state index >= 15 is 0 Å². The third-order valence-electron chi connectivity index (χ3n) is 3.41. The number of hydrogen-bond donors (Lipinski definition) is 0. The van der Waals surface area contributed by atoms with Gasteiger partial charge in [-0.15, -0.1) is 0 Å². The summed E-state index contributed by atoms with van der Waals surface area (Å²) in [5.41, 5.74) is 1.11. The Hall–Kier alpha value is -0.790. The molecule has 0 spiro atoms. The fourth-order valence-electron chi connectivity index (χ4n) is 1.70. The van der Waals surface area contributed by atoms with Crippen molar-refractivity contribution in [1.82, 2.24) is 5.16 Å². The summed E-state index contributed by atoms with van der Waals surface area (Å²) in [5, 5.41) is 3.55. The van der Waals surface area contributed by atoms with Crippen LogP contribution in [0.5, 0.6) is 0 Å². The number of rotatable bonds is 8. The van der Waals surface area contributed by atoms with Crippen molar-refractivity contribution in [1.29, 1.82) is 0 Å². The second kappa shape index (κ2) is 19.2. The molecule has 1 aromatic heterocycles. The van der Waals surface area contributed by atoms with E-state index in [2.05, 4.69) is 32.9 Å². The van der Waals surface area contributed by atoms with Gasteiger partial charge in [0.2, 0.25) is 0 Å². The third kappa shape index (κ3) is 19.2. The molecule has 0 saturated heterocycles. The van der Waals surface area contributed by atoms with E-state index < -0.39 is 0 Å². The van der Waals surface area contributed by atoms with Crippen molar-refractivity contribution in [3.05, 3.63) is 17.5 Å². The monoisotopic (exact) mass is 297 g/mol. The van der Waals surface area contributed by atoms with Crippen molar-refractivity contribution in [3.63, 3.8) is 0 Å². The van der Waals surface area contributed by atoms with E-state index in [1.54, 1.807) is 6.20 Å². The molecule has 0 aliphatic heterocycles. The molecular formula is C19H39NO. The zero-order valence-corrected chi connectivity index (χ0v) is 15.5. The van der Waals surface area contributed by atoms with Gasteiger partial charge in [-0.3, -0.25) is 0 Å². The van der Waals surface area contributed by atoms with Gasteiger partial charge in [0.15, 0.2) is 0 Å². The zero-order valence-electron chi connectivity index (χ0n) is 15.5. The van der Waals surface area contributed by atoms with Crippen molar-refractivity contribution in [3.8, 4) is 0 Å². The Kier molecular flexibility index (Phi) is 20.6. The fourth-order valence-corrected chi connectivity index (χ4v) is 1.70. The van der Waals surface area contributed by atoms with E-state index in [1.165, 1.54) is 64.2 Å². The summed E-state index contributed by atoms with van der Waals surface area (Å²) in [5.74, 6) is 0.903. The van der Waals surface area contributed by atoms with Crippen LogP contribution in [0.15, 0.2) is 10.7 Å². The summed E-state index contributed by atoms with van der Waals surface area (Å²) < 4.78 is 4.71. The van der Waals surface area contributed by atoms with Gasteiger partial charge in [0.25, 0.3) is 0 Å². The lowest BCUT2D eigenvalue weighted by molar-refractivity contribution is 0.396. The van der Waals surface area contributed by atoms with Crippen molar-refractivity contribution in [2.75, 3.05) is 0 Å². The van der Waals surface area contributed by atoms with E-state index in [-0.39, 0.29) is 0 Å². The minimum atomic E-state index is 0.903. The van der Waals surface area contributed by atoms with Crippen LogP contribution in [0.25, 0.3) is 0 Å². The number of nitrogens with zero attached hydrogens (tertiary/aromatic N) is 1.